The van der Waals surface area contributed by atoms with Crippen molar-refractivity contribution in [3.63, 3.8) is 0 Å². The molecule has 0 saturated heterocycles. The summed E-state index contributed by atoms with van der Waals surface area (Å²) in [6.07, 6.45) is 2.95. The highest BCUT2D eigenvalue weighted by Crippen LogP contribution is 2.39. The lowest BCUT2D eigenvalue weighted by molar-refractivity contribution is -0.269. The molecular formula is C22H18N2O4-2. The summed E-state index contributed by atoms with van der Waals surface area (Å²) >= 11 is 0. The highest BCUT2D eigenvalue weighted by atomic mass is 16.5. The number of benzene rings is 3. The van der Waals surface area contributed by atoms with Crippen LogP contribution in [-0.2, 0) is 0 Å². The van der Waals surface area contributed by atoms with Gasteiger partial charge in [0.2, 0.25) is 0 Å². The first-order valence-electron chi connectivity index (χ1n) is 8.48. The molecule has 0 bridgehead atoms. The molecule has 6 nitrogen and oxygen atoms in total. The molecule has 0 spiro atoms. The Morgan fingerprint density at radius 1 is 0.679 bits per heavy atom. The third kappa shape index (κ3) is 4.29. The average molecular weight is 374 g/mol. The molecule has 0 unspecified atom stereocenters. The van der Waals surface area contributed by atoms with Crippen LogP contribution in [0.4, 0.5) is 11.4 Å². The summed E-state index contributed by atoms with van der Waals surface area (Å²) in [5.41, 5.74) is 1.86. The number of hydrogen-bond acceptors (Lipinski definition) is 6. The Balaban J connectivity index is 2.04. The molecule has 0 radical (unpaired) electrons. The van der Waals surface area contributed by atoms with E-state index in [1.54, 1.807) is 48.5 Å². The van der Waals surface area contributed by atoms with Crippen molar-refractivity contribution in [1.82, 2.24) is 0 Å². The van der Waals surface area contributed by atoms with Gasteiger partial charge in [-0.15, -0.1) is 11.5 Å². The maximum absolute atomic E-state index is 11.9. The Bertz CT molecular complexity index is 946. The van der Waals surface area contributed by atoms with Crippen LogP contribution in [0.1, 0.15) is 11.1 Å². The lowest BCUT2D eigenvalue weighted by atomic mass is 10.2. The molecule has 0 N–H and O–H groups in total. The van der Waals surface area contributed by atoms with E-state index in [0.717, 1.165) is 0 Å². The van der Waals surface area contributed by atoms with Crippen molar-refractivity contribution in [2.75, 3.05) is 14.2 Å². The number of nitrogens with zero attached hydrogens (tertiary/aromatic N) is 2. The zero-order chi connectivity index (χ0) is 19.9. The third-order valence-corrected chi connectivity index (χ3v) is 4.00. The number of ether oxygens (including phenoxy) is 2. The van der Waals surface area contributed by atoms with Gasteiger partial charge in [0.15, 0.2) is 11.5 Å². The van der Waals surface area contributed by atoms with E-state index in [1.165, 1.54) is 38.8 Å². The van der Waals surface area contributed by atoms with E-state index in [2.05, 4.69) is 9.98 Å². The van der Waals surface area contributed by atoms with E-state index < -0.39 is 0 Å². The Labute approximate surface area is 163 Å². The summed E-state index contributed by atoms with van der Waals surface area (Å²) in [4.78, 5) is 8.81. The van der Waals surface area contributed by atoms with Crippen LogP contribution in [0.3, 0.4) is 0 Å². The molecule has 0 amide bonds. The van der Waals surface area contributed by atoms with Gasteiger partial charge in [-0.05, 0) is 11.1 Å². The first kappa shape index (κ1) is 19.0. The van der Waals surface area contributed by atoms with Gasteiger partial charge < -0.3 is 19.7 Å². The molecule has 0 heterocycles. The SMILES string of the molecule is COc1cc(N=Cc2ccccc2[O-])c(N=Cc2ccccc2[O-])cc1OC. The molecule has 3 rings (SSSR count). The zero-order valence-electron chi connectivity index (χ0n) is 15.5. The maximum atomic E-state index is 11.9. The van der Waals surface area contributed by atoms with E-state index in [1.807, 2.05) is 0 Å². The van der Waals surface area contributed by atoms with Crippen molar-refractivity contribution in [3.8, 4) is 23.0 Å². The van der Waals surface area contributed by atoms with E-state index in [-0.39, 0.29) is 11.5 Å². The number of methoxy groups -OCH3 is 2. The highest BCUT2D eigenvalue weighted by molar-refractivity contribution is 5.89. The number of aliphatic imine (C=N–C) groups is 2. The summed E-state index contributed by atoms with van der Waals surface area (Å²) < 4.78 is 10.7. The van der Waals surface area contributed by atoms with Crippen molar-refractivity contribution >= 4 is 23.8 Å². The van der Waals surface area contributed by atoms with Gasteiger partial charge in [0.05, 0.1) is 25.6 Å². The standard InChI is InChI=1S/C22H20N2O4/c1-27-21-11-17(23-13-15-7-3-5-9-19(15)25)18(12-22(21)28-2)24-14-16-8-4-6-10-20(16)26/h3-14,25-26H,1-2H3/p-2. The highest BCUT2D eigenvalue weighted by Gasteiger charge is 2.10. The average Bonchev–Trinajstić information content (AvgIpc) is 2.72. The molecular weight excluding hydrogens is 356 g/mol. The minimum absolute atomic E-state index is 0.128. The summed E-state index contributed by atoms with van der Waals surface area (Å²) in [7, 11) is 3.05. The largest absolute Gasteiger partial charge is 0.872 e. The summed E-state index contributed by atoms with van der Waals surface area (Å²) in [5.74, 6) is 0.704. The van der Waals surface area contributed by atoms with Crippen molar-refractivity contribution in [3.05, 3.63) is 71.8 Å². The predicted octanol–water partition coefficient (Wildman–Crippen LogP) is 3.35. The fourth-order valence-corrected chi connectivity index (χ4v) is 2.52. The van der Waals surface area contributed by atoms with Gasteiger partial charge in [0.1, 0.15) is 0 Å². The summed E-state index contributed by atoms with van der Waals surface area (Å²) in [6.45, 7) is 0. The van der Waals surface area contributed by atoms with E-state index >= 15 is 0 Å². The minimum atomic E-state index is -0.128. The second-order valence-electron chi connectivity index (χ2n) is 5.79. The van der Waals surface area contributed by atoms with Crippen molar-refractivity contribution < 1.29 is 19.7 Å². The lowest BCUT2D eigenvalue weighted by Gasteiger charge is -2.12. The van der Waals surface area contributed by atoms with E-state index in [9.17, 15) is 10.2 Å². The normalized spacial score (nSPS) is 11.2. The Morgan fingerprint density at radius 3 is 1.43 bits per heavy atom. The second-order valence-corrected chi connectivity index (χ2v) is 5.79. The van der Waals surface area contributed by atoms with Gasteiger partial charge in [0.25, 0.3) is 0 Å². The predicted molar refractivity (Wildman–Crippen MR) is 106 cm³/mol. The van der Waals surface area contributed by atoms with Crippen LogP contribution in [0.15, 0.2) is 70.6 Å². The maximum Gasteiger partial charge on any atom is 0.163 e. The first-order valence-corrected chi connectivity index (χ1v) is 8.48. The molecule has 142 valence electrons. The molecule has 28 heavy (non-hydrogen) atoms. The van der Waals surface area contributed by atoms with Gasteiger partial charge in [-0.25, -0.2) is 0 Å². The molecule has 0 atom stereocenters. The van der Waals surface area contributed by atoms with Crippen molar-refractivity contribution in [1.29, 1.82) is 0 Å². The molecule has 3 aromatic carbocycles. The summed E-state index contributed by atoms with van der Waals surface area (Å²) in [6, 6.07) is 16.5. The molecule has 0 aliphatic heterocycles. The second kappa shape index (κ2) is 8.73. The molecule has 0 aromatic heterocycles. The van der Waals surface area contributed by atoms with Gasteiger partial charge in [0, 0.05) is 24.6 Å². The number of para-hydroxylation sites is 2. The van der Waals surface area contributed by atoms with Gasteiger partial charge in [-0.3, -0.25) is 9.98 Å². The van der Waals surface area contributed by atoms with Crippen LogP contribution < -0.4 is 19.7 Å². The van der Waals surface area contributed by atoms with Crippen molar-refractivity contribution in [2.24, 2.45) is 9.98 Å². The van der Waals surface area contributed by atoms with Crippen LogP contribution >= 0.6 is 0 Å². The molecule has 0 aliphatic carbocycles. The van der Waals surface area contributed by atoms with E-state index in [4.69, 9.17) is 9.47 Å². The van der Waals surface area contributed by atoms with Crippen LogP contribution in [0.2, 0.25) is 0 Å². The Morgan fingerprint density at radius 2 is 1.07 bits per heavy atom. The Kier molecular flexibility index (Phi) is 5.91. The van der Waals surface area contributed by atoms with E-state index in [0.29, 0.717) is 34.0 Å². The quantitative estimate of drug-likeness (QED) is 0.619. The first-order chi connectivity index (χ1) is 13.6. The molecule has 0 saturated carbocycles. The number of rotatable bonds is 6. The lowest BCUT2D eigenvalue weighted by Crippen LogP contribution is -1.95. The minimum Gasteiger partial charge on any atom is -0.872 e. The smallest absolute Gasteiger partial charge is 0.163 e. The fraction of sp³-hybridized carbons (Fsp3) is 0.0909. The molecule has 0 aliphatic rings. The van der Waals surface area contributed by atoms with Crippen LogP contribution in [0, 0.1) is 0 Å². The van der Waals surface area contributed by atoms with Crippen LogP contribution in [0.5, 0.6) is 23.0 Å². The Hall–Kier alpha value is -3.80. The monoisotopic (exact) mass is 374 g/mol. The number of hydrogen-bond donors (Lipinski definition) is 0. The molecule has 0 fully saturated rings. The molecule has 6 heteroatoms. The van der Waals surface area contributed by atoms with Crippen LogP contribution in [-0.4, -0.2) is 26.6 Å². The van der Waals surface area contributed by atoms with Crippen LogP contribution in [0.25, 0.3) is 0 Å². The van der Waals surface area contributed by atoms with Gasteiger partial charge in [-0.1, -0.05) is 48.5 Å². The van der Waals surface area contributed by atoms with Gasteiger partial charge in [-0.2, -0.15) is 0 Å². The third-order valence-electron chi connectivity index (χ3n) is 4.00. The topological polar surface area (TPSA) is 89.3 Å². The van der Waals surface area contributed by atoms with Gasteiger partial charge >= 0.3 is 0 Å². The summed E-state index contributed by atoms with van der Waals surface area (Å²) in [5, 5.41) is 23.8. The zero-order valence-corrected chi connectivity index (χ0v) is 15.5. The van der Waals surface area contributed by atoms with Crippen molar-refractivity contribution in [2.45, 2.75) is 0 Å². The molecule has 3 aromatic rings. The fourth-order valence-electron chi connectivity index (χ4n) is 2.52.